The molecule has 4 saturated carbocycles. The second-order valence-electron chi connectivity index (χ2n) is 15.2. The predicted molar refractivity (Wildman–Crippen MR) is 207 cm³/mol. The summed E-state index contributed by atoms with van der Waals surface area (Å²) in [5, 5.41) is 9.44. The molecule has 0 aliphatic heterocycles. The van der Waals surface area contributed by atoms with E-state index in [0.717, 1.165) is 42.6 Å². The Labute approximate surface area is 319 Å². The van der Waals surface area contributed by atoms with Gasteiger partial charge in [0.1, 0.15) is 24.8 Å². The lowest BCUT2D eigenvalue weighted by molar-refractivity contribution is -0.118. The molecule has 4 aliphatic carbocycles. The van der Waals surface area contributed by atoms with Gasteiger partial charge in [-0.2, -0.15) is 0 Å². The highest BCUT2D eigenvalue weighted by Gasteiger charge is 2.50. The molecule has 4 aliphatic rings. The first kappa shape index (κ1) is 37.3. The van der Waals surface area contributed by atoms with E-state index in [4.69, 9.17) is 13.9 Å². The maximum Gasteiger partial charge on any atom is 0.338 e. The van der Waals surface area contributed by atoms with Crippen LogP contribution >= 0.6 is 0 Å². The number of esters is 2. The zero-order chi connectivity index (χ0) is 38.5. The summed E-state index contributed by atoms with van der Waals surface area (Å²) < 4.78 is 16.0. The lowest BCUT2D eigenvalue weighted by Crippen LogP contribution is -2.51. The topological polar surface area (TPSA) is 153 Å². The van der Waals surface area contributed by atoms with Crippen LogP contribution in [-0.4, -0.2) is 55.5 Å². The van der Waals surface area contributed by atoms with E-state index in [1.807, 2.05) is 30.3 Å². The minimum Gasteiger partial charge on any atom is -0.464 e. The van der Waals surface area contributed by atoms with Gasteiger partial charge in [0.2, 0.25) is 5.91 Å². The summed E-state index contributed by atoms with van der Waals surface area (Å²) in [4.78, 5) is 68.0. The molecular weight excluding hydrogens is 698 g/mol. The van der Waals surface area contributed by atoms with Crippen LogP contribution in [0.25, 0.3) is 11.0 Å². The fourth-order valence-electron chi connectivity index (χ4n) is 9.15. The maximum atomic E-state index is 14.3. The van der Waals surface area contributed by atoms with E-state index >= 15 is 0 Å². The summed E-state index contributed by atoms with van der Waals surface area (Å²) in [5.41, 5.74) is 1.64. The van der Waals surface area contributed by atoms with E-state index in [0.29, 0.717) is 17.5 Å². The average molecular weight is 744 g/mol. The first-order valence-electron chi connectivity index (χ1n) is 18.8. The van der Waals surface area contributed by atoms with Gasteiger partial charge in [0.25, 0.3) is 11.8 Å². The van der Waals surface area contributed by atoms with Gasteiger partial charge in [0.15, 0.2) is 0 Å². The number of amides is 3. The van der Waals surface area contributed by atoms with E-state index < -0.39 is 29.8 Å². The lowest BCUT2D eigenvalue weighted by Gasteiger charge is -2.56. The molecule has 1 heterocycles. The first-order chi connectivity index (χ1) is 26.6. The van der Waals surface area contributed by atoms with E-state index in [9.17, 15) is 24.0 Å². The van der Waals surface area contributed by atoms with Gasteiger partial charge in [0.05, 0.1) is 28.5 Å². The summed E-state index contributed by atoms with van der Waals surface area (Å²) >= 11 is 0. The Morgan fingerprint density at radius 1 is 0.782 bits per heavy atom. The van der Waals surface area contributed by atoms with Crippen molar-refractivity contribution in [1.82, 2.24) is 10.6 Å². The van der Waals surface area contributed by atoms with Crippen LogP contribution in [0.2, 0.25) is 0 Å². The van der Waals surface area contributed by atoms with Crippen molar-refractivity contribution in [3.63, 3.8) is 0 Å². The smallest absolute Gasteiger partial charge is 0.338 e. The lowest BCUT2D eigenvalue weighted by atomic mass is 9.49. The number of benzene rings is 3. The molecule has 1 atom stereocenters. The minimum atomic E-state index is -1.15. The van der Waals surface area contributed by atoms with E-state index in [-0.39, 0.29) is 58.9 Å². The van der Waals surface area contributed by atoms with Crippen LogP contribution in [0.1, 0.15) is 85.5 Å². The highest BCUT2D eigenvalue weighted by atomic mass is 16.5. The summed E-state index contributed by atoms with van der Waals surface area (Å²) in [6, 6.07) is 16.9. The molecule has 4 bridgehead atoms. The molecule has 0 unspecified atom stereocenters. The third-order valence-corrected chi connectivity index (χ3v) is 11.1. The number of anilines is 1. The van der Waals surface area contributed by atoms with Gasteiger partial charge in [0, 0.05) is 24.0 Å². The quantitative estimate of drug-likeness (QED) is 0.0866. The van der Waals surface area contributed by atoms with Crippen molar-refractivity contribution in [1.29, 1.82) is 0 Å². The van der Waals surface area contributed by atoms with Gasteiger partial charge in [-0.15, -0.1) is 0 Å². The molecule has 284 valence electrons. The minimum absolute atomic E-state index is 0.00791. The van der Waals surface area contributed by atoms with Crippen molar-refractivity contribution in [3.05, 3.63) is 126 Å². The van der Waals surface area contributed by atoms with Gasteiger partial charge >= 0.3 is 11.9 Å². The molecule has 11 nitrogen and oxygen atoms in total. The van der Waals surface area contributed by atoms with Gasteiger partial charge in [-0.1, -0.05) is 55.6 Å². The van der Waals surface area contributed by atoms with E-state index in [1.54, 1.807) is 18.2 Å². The van der Waals surface area contributed by atoms with Crippen LogP contribution < -0.4 is 16.0 Å². The van der Waals surface area contributed by atoms with Crippen LogP contribution in [0, 0.1) is 23.2 Å². The van der Waals surface area contributed by atoms with Crippen LogP contribution in [0.5, 0.6) is 0 Å². The summed E-state index contributed by atoms with van der Waals surface area (Å²) in [5.74, 6) is -0.947. The molecule has 11 heteroatoms. The molecule has 0 saturated heterocycles. The number of hydrogen-bond donors (Lipinski definition) is 3. The van der Waals surface area contributed by atoms with Gasteiger partial charge in [-0.3, -0.25) is 14.4 Å². The van der Waals surface area contributed by atoms with Crippen molar-refractivity contribution < 1.29 is 37.9 Å². The van der Waals surface area contributed by atoms with Gasteiger partial charge < -0.3 is 29.8 Å². The molecule has 55 heavy (non-hydrogen) atoms. The molecular formula is C44H45N3O8. The second kappa shape index (κ2) is 16.2. The molecule has 8 rings (SSSR count). The number of ether oxygens (including phenoxy) is 2. The molecule has 0 spiro atoms. The zero-order valence-corrected chi connectivity index (χ0v) is 30.6. The second-order valence-corrected chi connectivity index (χ2v) is 15.2. The fourth-order valence-corrected chi connectivity index (χ4v) is 9.15. The Bertz CT molecular complexity index is 2060. The van der Waals surface area contributed by atoms with Crippen molar-refractivity contribution in [2.24, 2.45) is 23.2 Å². The zero-order valence-electron chi connectivity index (χ0n) is 30.6. The van der Waals surface area contributed by atoms with Gasteiger partial charge in [-0.25, -0.2) is 9.59 Å². The Balaban J connectivity index is 1.15. The normalized spacial score (nSPS) is 21.3. The van der Waals surface area contributed by atoms with E-state index in [2.05, 4.69) is 29.1 Å². The largest absolute Gasteiger partial charge is 0.464 e. The Hall–Kier alpha value is -5.97. The highest BCUT2D eigenvalue weighted by molar-refractivity contribution is 6.11. The SMILES string of the molecule is C=CCOC(=O)c1cc(NC(=O)[C@H](Cc2ccccc2)NC(=O)c2cc3ccoc3cc2C(=O)NCC23CC4CC(CC(C4)C2)C3)cc(C(=O)OCC=C)c1. The monoisotopic (exact) mass is 743 g/mol. The average Bonchev–Trinajstić information content (AvgIpc) is 3.65. The Morgan fingerprint density at radius 3 is 1.98 bits per heavy atom. The number of furan rings is 1. The van der Waals surface area contributed by atoms with Crippen molar-refractivity contribution in [2.45, 2.75) is 51.0 Å². The molecule has 4 fully saturated rings. The van der Waals surface area contributed by atoms with Crippen LogP contribution in [0.15, 0.2) is 103 Å². The Kier molecular flexibility index (Phi) is 11.0. The number of nitrogens with one attached hydrogen (secondary N) is 3. The van der Waals surface area contributed by atoms with Crippen molar-refractivity contribution in [2.75, 3.05) is 25.1 Å². The maximum absolute atomic E-state index is 14.3. The molecule has 3 amide bonds. The van der Waals surface area contributed by atoms with Gasteiger partial charge in [-0.05, 0) is 104 Å². The van der Waals surface area contributed by atoms with E-state index in [1.165, 1.54) is 55.9 Å². The molecule has 0 radical (unpaired) electrons. The highest BCUT2D eigenvalue weighted by Crippen LogP contribution is 2.59. The number of carbonyl (C=O) groups excluding carboxylic acids is 5. The summed E-state index contributed by atoms with van der Waals surface area (Å²) in [7, 11) is 0. The van der Waals surface area contributed by atoms with Crippen LogP contribution in [-0.2, 0) is 20.7 Å². The van der Waals surface area contributed by atoms with Crippen molar-refractivity contribution >= 4 is 46.3 Å². The van der Waals surface area contributed by atoms with Crippen LogP contribution in [0.3, 0.4) is 0 Å². The Morgan fingerprint density at radius 2 is 1.38 bits per heavy atom. The third kappa shape index (κ3) is 8.56. The molecule has 1 aromatic heterocycles. The number of hydrogen-bond acceptors (Lipinski definition) is 8. The summed E-state index contributed by atoms with van der Waals surface area (Å²) in [6.07, 6.45) is 11.6. The number of carbonyl (C=O) groups is 5. The van der Waals surface area contributed by atoms with Crippen molar-refractivity contribution in [3.8, 4) is 0 Å². The molecule has 4 aromatic rings. The first-order valence-corrected chi connectivity index (χ1v) is 18.8. The number of fused-ring (bicyclic) bond motifs is 1. The standard InChI is InChI=1S/C44H45N3O8/c1-3-11-54-42(51)32-18-33(43(52)55-12-4-2)20-34(19-32)46-41(50)37(17-27-8-6-5-7-9-27)47-40(49)35-21-31-10-13-53-38(31)22-36(35)39(48)45-26-44-23-28-14-29(24-44)16-30(15-28)25-44/h3-10,13,18-22,28-30,37H,1-2,11-12,14-17,23-26H2,(H,45,48)(H,46,50)(H,47,49)/t28?,29?,30?,37-,44?/m0/s1. The summed E-state index contributed by atoms with van der Waals surface area (Å²) in [6.45, 7) is 7.53. The molecule has 3 N–H and O–H groups in total. The molecule has 3 aromatic carbocycles. The fraction of sp³-hybridized carbons (Fsp3) is 0.341. The predicted octanol–water partition coefficient (Wildman–Crippen LogP) is 7.04. The third-order valence-electron chi connectivity index (χ3n) is 11.1. The number of rotatable bonds is 15. The van der Waals surface area contributed by atoms with Crippen LogP contribution in [0.4, 0.5) is 5.69 Å².